The van der Waals surface area contributed by atoms with Crippen molar-refractivity contribution >= 4 is 35.1 Å². The highest BCUT2D eigenvalue weighted by molar-refractivity contribution is 8.00. The molecule has 1 amide bonds. The quantitative estimate of drug-likeness (QED) is 0.711. The Kier molecular flexibility index (Phi) is 3.86. The van der Waals surface area contributed by atoms with Crippen LogP contribution >= 0.6 is 23.4 Å². The van der Waals surface area contributed by atoms with E-state index in [1.54, 1.807) is 0 Å². The number of benzene rings is 1. The molecule has 0 unspecified atom stereocenters. The Morgan fingerprint density at radius 1 is 1.33 bits per heavy atom. The van der Waals surface area contributed by atoms with Crippen molar-refractivity contribution in [3.05, 3.63) is 58.4 Å². The summed E-state index contributed by atoms with van der Waals surface area (Å²) in [4.78, 5) is 11.9. The average Bonchev–Trinajstić information content (AvgIpc) is 3.13. The molecule has 122 valence electrons. The largest absolute Gasteiger partial charge is 0.460 e. The van der Waals surface area contributed by atoms with E-state index in [-0.39, 0.29) is 11.2 Å². The number of thioether (sulfide) groups is 1. The lowest BCUT2D eigenvalue weighted by Gasteiger charge is -2.11. The molecule has 7 heteroatoms. The summed E-state index contributed by atoms with van der Waals surface area (Å²) in [5.74, 6) is 2.41. The molecule has 0 aliphatic carbocycles. The lowest BCUT2D eigenvalue weighted by atomic mass is 10.1. The highest BCUT2D eigenvalue weighted by Crippen LogP contribution is 2.43. The second-order valence-electron chi connectivity index (χ2n) is 5.56. The van der Waals surface area contributed by atoms with Gasteiger partial charge in [0.2, 0.25) is 5.91 Å². The number of aromatic nitrogens is 2. The molecule has 24 heavy (non-hydrogen) atoms. The van der Waals surface area contributed by atoms with E-state index in [2.05, 4.69) is 15.5 Å². The van der Waals surface area contributed by atoms with Crippen LogP contribution in [0, 0.1) is 6.92 Å². The molecule has 1 aliphatic rings. The van der Waals surface area contributed by atoms with Gasteiger partial charge in [-0.25, -0.2) is 0 Å². The summed E-state index contributed by atoms with van der Waals surface area (Å²) in [6, 6.07) is 11.4. The highest BCUT2D eigenvalue weighted by atomic mass is 35.5. The number of carbonyl (C=O) groups is 1. The van der Waals surface area contributed by atoms with Gasteiger partial charge in [-0.3, -0.25) is 9.89 Å². The van der Waals surface area contributed by atoms with E-state index in [9.17, 15) is 4.79 Å². The van der Waals surface area contributed by atoms with E-state index in [0.717, 1.165) is 28.3 Å². The summed E-state index contributed by atoms with van der Waals surface area (Å²) < 4.78 is 6.08. The van der Waals surface area contributed by atoms with Crippen molar-refractivity contribution in [2.45, 2.75) is 12.2 Å². The molecule has 0 fully saturated rings. The van der Waals surface area contributed by atoms with Crippen LogP contribution in [0.3, 0.4) is 0 Å². The van der Waals surface area contributed by atoms with Crippen LogP contribution in [0.15, 0.2) is 40.8 Å². The van der Waals surface area contributed by atoms with Gasteiger partial charge in [-0.15, -0.1) is 11.8 Å². The minimum atomic E-state index is -0.0920. The maximum Gasteiger partial charge on any atom is 0.235 e. The minimum Gasteiger partial charge on any atom is -0.460 e. The van der Waals surface area contributed by atoms with Gasteiger partial charge in [-0.2, -0.15) is 5.10 Å². The van der Waals surface area contributed by atoms with E-state index >= 15 is 0 Å². The average molecular weight is 360 g/mol. The van der Waals surface area contributed by atoms with Crippen LogP contribution in [0.2, 0.25) is 5.02 Å². The number of hydrogen-bond acceptors (Lipinski definition) is 4. The number of aryl methyl sites for hydroxylation is 1. The van der Waals surface area contributed by atoms with Gasteiger partial charge in [0.25, 0.3) is 0 Å². The summed E-state index contributed by atoms with van der Waals surface area (Å²) in [6.45, 7) is 1.94. The number of amides is 1. The number of H-pyrrole nitrogens is 1. The van der Waals surface area contributed by atoms with Crippen LogP contribution in [0.1, 0.15) is 22.3 Å². The first kappa shape index (κ1) is 15.4. The third kappa shape index (κ3) is 2.72. The third-order valence-electron chi connectivity index (χ3n) is 3.89. The van der Waals surface area contributed by atoms with E-state index in [1.165, 1.54) is 11.8 Å². The molecule has 1 aromatic carbocycles. The Labute approximate surface area is 147 Å². The summed E-state index contributed by atoms with van der Waals surface area (Å²) >= 11 is 7.58. The van der Waals surface area contributed by atoms with E-state index in [1.807, 2.05) is 43.3 Å². The Bertz CT molecular complexity index is 918. The maximum atomic E-state index is 11.9. The van der Waals surface area contributed by atoms with Crippen molar-refractivity contribution in [1.29, 1.82) is 0 Å². The van der Waals surface area contributed by atoms with E-state index in [0.29, 0.717) is 16.6 Å². The van der Waals surface area contributed by atoms with Crippen LogP contribution in [-0.4, -0.2) is 21.9 Å². The maximum absolute atomic E-state index is 11.9. The van der Waals surface area contributed by atoms with Gasteiger partial charge in [0.1, 0.15) is 11.5 Å². The first-order chi connectivity index (χ1) is 11.6. The van der Waals surface area contributed by atoms with Crippen molar-refractivity contribution in [1.82, 2.24) is 10.2 Å². The summed E-state index contributed by atoms with van der Waals surface area (Å²) in [5.41, 5.74) is 2.80. The molecule has 0 saturated heterocycles. The lowest BCUT2D eigenvalue weighted by Crippen LogP contribution is -2.12. The Balaban J connectivity index is 1.74. The van der Waals surface area contributed by atoms with Gasteiger partial charge >= 0.3 is 0 Å². The number of anilines is 1. The molecule has 5 nitrogen and oxygen atoms in total. The Hall–Kier alpha value is -2.18. The predicted molar refractivity (Wildman–Crippen MR) is 95.4 cm³/mol. The number of aromatic amines is 1. The number of fused-ring (bicyclic) bond motifs is 1. The van der Waals surface area contributed by atoms with Gasteiger partial charge in [0, 0.05) is 21.8 Å². The predicted octanol–water partition coefficient (Wildman–Crippen LogP) is 4.41. The second kappa shape index (κ2) is 6.03. The summed E-state index contributed by atoms with van der Waals surface area (Å²) in [6.07, 6.45) is 0. The van der Waals surface area contributed by atoms with Gasteiger partial charge in [-0.05, 0) is 31.2 Å². The molecule has 3 aromatic rings. The van der Waals surface area contributed by atoms with Crippen molar-refractivity contribution < 1.29 is 9.21 Å². The van der Waals surface area contributed by atoms with Gasteiger partial charge in [0.15, 0.2) is 5.82 Å². The van der Waals surface area contributed by atoms with Crippen molar-refractivity contribution in [3.63, 3.8) is 0 Å². The second-order valence-corrected chi connectivity index (χ2v) is 7.09. The number of nitrogens with one attached hydrogen (secondary N) is 2. The molecule has 0 spiro atoms. The molecular weight excluding hydrogens is 346 g/mol. The molecule has 1 atom stereocenters. The summed E-state index contributed by atoms with van der Waals surface area (Å²) in [5, 5.41) is 10.5. The molecule has 0 saturated carbocycles. The van der Waals surface area contributed by atoms with Crippen LogP contribution in [0.4, 0.5) is 5.82 Å². The van der Waals surface area contributed by atoms with Gasteiger partial charge in [0.05, 0.1) is 11.0 Å². The number of nitrogens with zero attached hydrogens (tertiary/aromatic N) is 1. The van der Waals surface area contributed by atoms with Crippen LogP contribution in [0.25, 0.3) is 11.3 Å². The zero-order chi connectivity index (χ0) is 16.7. The third-order valence-corrected chi connectivity index (χ3v) is 5.36. The van der Waals surface area contributed by atoms with Crippen LogP contribution in [0.5, 0.6) is 0 Å². The number of rotatable bonds is 2. The van der Waals surface area contributed by atoms with Crippen LogP contribution in [-0.2, 0) is 4.79 Å². The molecule has 2 aromatic heterocycles. The Morgan fingerprint density at radius 3 is 3.04 bits per heavy atom. The molecule has 1 aliphatic heterocycles. The fourth-order valence-corrected chi connectivity index (χ4v) is 4.11. The fraction of sp³-hybridized carbons (Fsp3) is 0.176. The smallest absolute Gasteiger partial charge is 0.235 e. The normalized spacial score (nSPS) is 17.2. The van der Waals surface area contributed by atoms with Crippen LogP contribution < -0.4 is 5.32 Å². The Morgan fingerprint density at radius 2 is 2.21 bits per heavy atom. The van der Waals surface area contributed by atoms with E-state index in [4.69, 9.17) is 16.0 Å². The zero-order valence-corrected chi connectivity index (χ0v) is 14.4. The first-order valence-electron chi connectivity index (χ1n) is 7.44. The molecular formula is C17H14ClN3O2S. The molecule has 0 radical (unpaired) electrons. The topological polar surface area (TPSA) is 70.9 Å². The molecule has 3 heterocycles. The van der Waals surface area contributed by atoms with Crippen molar-refractivity contribution in [3.8, 4) is 11.3 Å². The zero-order valence-electron chi connectivity index (χ0n) is 12.8. The van der Waals surface area contributed by atoms with E-state index < -0.39 is 0 Å². The van der Waals surface area contributed by atoms with Gasteiger partial charge < -0.3 is 9.73 Å². The van der Waals surface area contributed by atoms with Gasteiger partial charge in [-0.1, -0.05) is 23.7 Å². The SMILES string of the molecule is Cc1[nH]nc2c1[C@H](c1ccc(-c3cccc(Cl)c3)o1)SCC(=O)N2. The number of hydrogen-bond donors (Lipinski definition) is 2. The molecule has 2 N–H and O–H groups in total. The molecule has 4 rings (SSSR count). The summed E-state index contributed by atoms with van der Waals surface area (Å²) in [7, 11) is 0. The molecule has 0 bridgehead atoms. The number of carbonyl (C=O) groups excluding carboxylic acids is 1. The fourth-order valence-electron chi connectivity index (χ4n) is 2.78. The monoisotopic (exact) mass is 359 g/mol. The lowest BCUT2D eigenvalue weighted by molar-refractivity contribution is -0.113. The number of halogens is 1. The number of furan rings is 1. The highest BCUT2D eigenvalue weighted by Gasteiger charge is 2.30. The van der Waals surface area contributed by atoms with Crippen molar-refractivity contribution in [2.75, 3.05) is 11.1 Å². The van der Waals surface area contributed by atoms with Crippen molar-refractivity contribution in [2.24, 2.45) is 0 Å². The minimum absolute atomic E-state index is 0.0585. The first-order valence-corrected chi connectivity index (χ1v) is 8.86. The standard InChI is InChI=1S/C17H14ClN3O2S/c1-9-15-16(24-8-14(22)19-17(15)21-20-9)13-6-5-12(23-13)10-3-2-4-11(18)7-10/h2-7,16H,8H2,1H3,(H2,19,20,21,22)/t16-/m0/s1.